The van der Waals surface area contributed by atoms with E-state index in [0.717, 1.165) is 4.90 Å². The second kappa shape index (κ2) is 10.5. The van der Waals surface area contributed by atoms with Gasteiger partial charge in [0.25, 0.3) is 0 Å². The number of piperidine rings is 1. The predicted molar refractivity (Wildman–Crippen MR) is 122 cm³/mol. The van der Waals surface area contributed by atoms with Crippen molar-refractivity contribution in [2.24, 2.45) is 5.92 Å². The van der Waals surface area contributed by atoms with Crippen LogP contribution >= 0.6 is 23.2 Å². The molecular weight excluding hydrogens is 494 g/mol. The minimum atomic E-state index is -4.98. The summed E-state index contributed by atoms with van der Waals surface area (Å²) in [6.45, 7) is 1.45. The second-order valence-corrected chi connectivity index (χ2v) is 9.27. The molecule has 0 saturated carbocycles. The van der Waals surface area contributed by atoms with Crippen molar-refractivity contribution in [3.8, 4) is 0 Å². The van der Waals surface area contributed by atoms with Gasteiger partial charge in [0.05, 0.1) is 18.5 Å². The Morgan fingerprint density at radius 3 is 2.29 bits per heavy atom. The molecule has 2 N–H and O–H groups in total. The van der Waals surface area contributed by atoms with Gasteiger partial charge in [-0.1, -0.05) is 54.4 Å². The van der Waals surface area contributed by atoms with Gasteiger partial charge in [-0.15, -0.1) is 0 Å². The number of aliphatic hydroxyl groups excluding tert-OH is 1. The molecule has 10 heteroatoms. The topological polar surface area (TPSA) is 77.8 Å². The van der Waals surface area contributed by atoms with E-state index in [0.29, 0.717) is 21.2 Å². The van der Waals surface area contributed by atoms with E-state index in [-0.39, 0.29) is 12.8 Å². The van der Waals surface area contributed by atoms with E-state index in [9.17, 15) is 33.0 Å². The molecule has 0 aromatic heterocycles. The maximum atomic E-state index is 13.6. The molecule has 1 aliphatic heterocycles. The SMILES string of the molecule is CC[C@@H](C(O)C(F)(F)F)N1C(=O)[C@@H](CC(=O)O)CC(c2cccc(Cl)c2)[C@H]1c1ccc(Cl)cc1. The smallest absolute Gasteiger partial charge is 0.416 e. The summed E-state index contributed by atoms with van der Waals surface area (Å²) < 4.78 is 40.8. The summed E-state index contributed by atoms with van der Waals surface area (Å²) in [6, 6.07) is 10.6. The van der Waals surface area contributed by atoms with Gasteiger partial charge in [0.2, 0.25) is 5.91 Å². The normalized spacial score (nSPS) is 23.0. The number of hydrogen-bond donors (Lipinski definition) is 2. The quantitative estimate of drug-likeness (QED) is 0.483. The largest absolute Gasteiger partial charge is 0.481 e. The number of carbonyl (C=O) groups is 2. The van der Waals surface area contributed by atoms with Gasteiger partial charge in [0, 0.05) is 21.9 Å². The molecule has 0 radical (unpaired) electrons. The Bertz CT molecular complexity index is 1030. The van der Waals surface area contributed by atoms with Crippen LogP contribution < -0.4 is 0 Å². The van der Waals surface area contributed by atoms with Crippen molar-refractivity contribution in [3.63, 3.8) is 0 Å². The van der Waals surface area contributed by atoms with Gasteiger partial charge in [-0.25, -0.2) is 0 Å². The number of aliphatic carboxylic acids is 1. The summed E-state index contributed by atoms with van der Waals surface area (Å²) in [7, 11) is 0. The third-order valence-corrected chi connectivity index (χ3v) is 6.69. The zero-order chi connectivity index (χ0) is 25.2. The summed E-state index contributed by atoms with van der Waals surface area (Å²) in [5.74, 6) is -3.62. The average molecular weight is 518 g/mol. The molecule has 5 atom stereocenters. The van der Waals surface area contributed by atoms with Gasteiger partial charge in [-0.3, -0.25) is 9.59 Å². The van der Waals surface area contributed by atoms with Crippen molar-refractivity contribution in [1.82, 2.24) is 4.90 Å². The Labute approximate surface area is 205 Å². The molecule has 1 heterocycles. The zero-order valence-electron chi connectivity index (χ0n) is 18.2. The number of rotatable bonds is 7. The first-order valence-corrected chi connectivity index (χ1v) is 11.5. The maximum Gasteiger partial charge on any atom is 0.416 e. The number of halogens is 5. The van der Waals surface area contributed by atoms with Gasteiger partial charge in [0.15, 0.2) is 6.10 Å². The van der Waals surface area contributed by atoms with Crippen LogP contribution in [-0.4, -0.2) is 45.3 Å². The lowest BCUT2D eigenvalue weighted by Crippen LogP contribution is -2.58. The first-order valence-electron chi connectivity index (χ1n) is 10.7. The van der Waals surface area contributed by atoms with Gasteiger partial charge in [-0.2, -0.15) is 13.2 Å². The van der Waals surface area contributed by atoms with E-state index in [1.54, 1.807) is 48.5 Å². The van der Waals surface area contributed by atoms with Crippen molar-refractivity contribution in [2.75, 3.05) is 0 Å². The molecule has 1 aliphatic rings. The number of carboxylic acids is 1. The van der Waals surface area contributed by atoms with Crippen LogP contribution in [0.3, 0.4) is 0 Å². The van der Waals surface area contributed by atoms with E-state index in [2.05, 4.69) is 0 Å². The third-order valence-electron chi connectivity index (χ3n) is 6.21. The highest BCUT2D eigenvalue weighted by molar-refractivity contribution is 6.30. The van der Waals surface area contributed by atoms with Crippen LogP contribution in [0.4, 0.5) is 13.2 Å². The first-order chi connectivity index (χ1) is 15.9. The van der Waals surface area contributed by atoms with E-state index in [1.165, 1.54) is 6.92 Å². The molecule has 1 saturated heterocycles. The molecule has 0 aliphatic carbocycles. The number of alkyl halides is 3. The van der Waals surface area contributed by atoms with Crippen molar-refractivity contribution in [2.45, 2.75) is 56.5 Å². The highest BCUT2D eigenvalue weighted by Crippen LogP contribution is 2.48. The van der Waals surface area contributed by atoms with Crippen molar-refractivity contribution in [1.29, 1.82) is 0 Å². The fourth-order valence-corrected chi connectivity index (χ4v) is 5.05. The number of hydrogen-bond acceptors (Lipinski definition) is 3. The zero-order valence-corrected chi connectivity index (χ0v) is 19.7. The summed E-state index contributed by atoms with van der Waals surface area (Å²) in [6.07, 6.45) is -8.43. The van der Waals surface area contributed by atoms with Gasteiger partial charge in [0.1, 0.15) is 0 Å². The molecular formula is C24H24Cl2F3NO4. The summed E-state index contributed by atoms with van der Waals surface area (Å²) >= 11 is 12.2. The van der Waals surface area contributed by atoms with Gasteiger partial charge < -0.3 is 15.1 Å². The van der Waals surface area contributed by atoms with Crippen LogP contribution in [0, 0.1) is 5.92 Å². The second-order valence-electron chi connectivity index (χ2n) is 8.40. The van der Waals surface area contributed by atoms with Crippen LogP contribution in [-0.2, 0) is 9.59 Å². The van der Waals surface area contributed by atoms with E-state index < -0.39 is 54.5 Å². The van der Waals surface area contributed by atoms with Crippen LogP contribution in [0.25, 0.3) is 0 Å². The molecule has 2 aromatic rings. The van der Waals surface area contributed by atoms with Crippen LogP contribution in [0.15, 0.2) is 48.5 Å². The van der Waals surface area contributed by atoms with Gasteiger partial charge >= 0.3 is 12.1 Å². The molecule has 0 spiro atoms. The lowest BCUT2D eigenvalue weighted by atomic mass is 9.74. The van der Waals surface area contributed by atoms with Crippen molar-refractivity contribution < 1.29 is 33.0 Å². The van der Waals surface area contributed by atoms with Crippen molar-refractivity contribution >= 4 is 35.1 Å². The monoisotopic (exact) mass is 517 g/mol. The maximum absolute atomic E-state index is 13.6. The first kappa shape index (κ1) is 26.3. The van der Waals surface area contributed by atoms with E-state index >= 15 is 0 Å². The van der Waals surface area contributed by atoms with Gasteiger partial charge in [-0.05, 0) is 48.2 Å². The third kappa shape index (κ3) is 5.67. The number of carbonyl (C=O) groups excluding carboxylic acids is 1. The molecule has 5 nitrogen and oxygen atoms in total. The van der Waals surface area contributed by atoms with Crippen LogP contribution in [0.1, 0.15) is 49.3 Å². The van der Waals surface area contributed by atoms with E-state index in [1.807, 2.05) is 0 Å². The van der Waals surface area contributed by atoms with Crippen molar-refractivity contribution in [3.05, 3.63) is 69.7 Å². The minimum absolute atomic E-state index is 0.0911. The lowest BCUT2D eigenvalue weighted by molar-refractivity contribution is -0.226. The Morgan fingerprint density at radius 1 is 1.12 bits per heavy atom. The Hall–Kier alpha value is -2.29. The molecule has 1 fully saturated rings. The standard InChI is InChI=1S/C24H24Cl2F3NO4/c1-2-19(22(33)24(27,28)29)30-21(13-6-8-16(25)9-7-13)18(14-4-3-5-17(26)10-14)11-15(23(30)34)12-20(31)32/h3-10,15,18-19,21-22,33H,2,11-12H2,1H3,(H,31,32)/t15-,18?,19+,21-,22?/m1/s1. The fraction of sp³-hybridized carbons (Fsp3) is 0.417. The number of likely N-dealkylation sites (tertiary alicyclic amines) is 1. The number of aliphatic hydroxyl groups is 1. The Kier molecular flexibility index (Phi) is 8.16. The number of carboxylic acid groups (broad SMARTS) is 1. The molecule has 3 rings (SSSR count). The molecule has 0 bridgehead atoms. The molecule has 2 aromatic carbocycles. The highest BCUT2D eigenvalue weighted by atomic mass is 35.5. The number of benzene rings is 2. The van der Waals surface area contributed by atoms with E-state index in [4.69, 9.17) is 23.2 Å². The highest BCUT2D eigenvalue weighted by Gasteiger charge is 2.52. The Morgan fingerprint density at radius 2 is 1.76 bits per heavy atom. The molecule has 184 valence electrons. The predicted octanol–water partition coefficient (Wildman–Crippen LogP) is 5.84. The molecule has 2 unspecified atom stereocenters. The number of amides is 1. The summed E-state index contributed by atoms with van der Waals surface area (Å²) in [5.41, 5.74) is 1.17. The van der Waals surface area contributed by atoms with Crippen LogP contribution in [0.5, 0.6) is 0 Å². The molecule has 34 heavy (non-hydrogen) atoms. The molecule has 1 amide bonds. The van der Waals surface area contributed by atoms with Crippen LogP contribution in [0.2, 0.25) is 10.0 Å². The summed E-state index contributed by atoms with van der Waals surface area (Å²) in [4.78, 5) is 26.1. The lowest BCUT2D eigenvalue weighted by Gasteiger charge is -2.49. The average Bonchev–Trinajstić information content (AvgIpc) is 2.76. The number of nitrogens with zero attached hydrogens (tertiary/aromatic N) is 1. The minimum Gasteiger partial charge on any atom is -0.481 e. The fourth-order valence-electron chi connectivity index (χ4n) is 4.73. The Balaban J connectivity index is 2.23. The summed E-state index contributed by atoms with van der Waals surface area (Å²) in [5, 5.41) is 20.4.